The van der Waals surface area contributed by atoms with Gasteiger partial charge in [0, 0.05) is 7.11 Å². The van der Waals surface area contributed by atoms with E-state index in [1.807, 2.05) is 31.2 Å². The van der Waals surface area contributed by atoms with Crippen LogP contribution in [0.15, 0.2) is 24.3 Å². The molecule has 2 unspecified atom stereocenters. The minimum atomic E-state index is -0.480. The smallest absolute Gasteiger partial charge is 0.0827 e. The van der Waals surface area contributed by atoms with E-state index in [4.69, 9.17) is 10.5 Å². The summed E-state index contributed by atoms with van der Waals surface area (Å²) < 4.78 is 5.01. The van der Waals surface area contributed by atoms with Crippen molar-refractivity contribution in [3.05, 3.63) is 35.4 Å². The van der Waals surface area contributed by atoms with Crippen molar-refractivity contribution in [3.8, 4) is 0 Å². The van der Waals surface area contributed by atoms with Crippen LogP contribution < -0.4 is 5.73 Å². The number of rotatable bonds is 5. The van der Waals surface area contributed by atoms with Crippen molar-refractivity contribution in [3.63, 3.8) is 0 Å². The fourth-order valence-electron chi connectivity index (χ4n) is 1.44. The first-order valence-electron chi connectivity index (χ1n) is 5.15. The van der Waals surface area contributed by atoms with Gasteiger partial charge in [-0.1, -0.05) is 31.2 Å². The quantitative estimate of drug-likeness (QED) is 0.772. The number of hydrogen-bond acceptors (Lipinski definition) is 3. The molecule has 0 aliphatic heterocycles. The molecule has 0 aliphatic carbocycles. The Balaban J connectivity index is 2.70. The highest BCUT2D eigenvalue weighted by molar-refractivity contribution is 5.24. The van der Waals surface area contributed by atoms with E-state index >= 15 is 0 Å². The Morgan fingerprint density at radius 2 is 1.93 bits per heavy atom. The minimum absolute atomic E-state index is 0.0817. The van der Waals surface area contributed by atoms with Crippen LogP contribution in [0.2, 0.25) is 0 Å². The lowest BCUT2D eigenvalue weighted by molar-refractivity contribution is 0.121. The molecule has 0 heterocycles. The van der Waals surface area contributed by atoms with E-state index in [0.717, 1.165) is 11.1 Å². The van der Waals surface area contributed by atoms with Gasteiger partial charge in [-0.3, -0.25) is 0 Å². The third-order valence-electron chi connectivity index (χ3n) is 2.54. The van der Waals surface area contributed by atoms with Crippen LogP contribution in [-0.4, -0.2) is 18.8 Å². The first-order valence-corrected chi connectivity index (χ1v) is 5.15. The Morgan fingerprint density at radius 1 is 1.33 bits per heavy atom. The maximum atomic E-state index is 9.90. The lowest BCUT2D eigenvalue weighted by Gasteiger charge is -2.17. The maximum absolute atomic E-state index is 9.90. The largest absolute Gasteiger partial charge is 0.388 e. The summed E-state index contributed by atoms with van der Waals surface area (Å²) >= 11 is 0. The third kappa shape index (κ3) is 3.30. The van der Waals surface area contributed by atoms with Crippen LogP contribution in [0.5, 0.6) is 0 Å². The van der Waals surface area contributed by atoms with E-state index in [1.165, 1.54) is 0 Å². The summed E-state index contributed by atoms with van der Waals surface area (Å²) in [5, 5.41) is 9.90. The fourth-order valence-corrected chi connectivity index (χ4v) is 1.44. The van der Waals surface area contributed by atoms with E-state index in [2.05, 4.69) is 0 Å². The highest BCUT2D eigenvalue weighted by Crippen LogP contribution is 2.21. The molecule has 0 radical (unpaired) electrons. The summed E-state index contributed by atoms with van der Waals surface area (Å²) in [6.07, 6.45) is -0.480. The number of benzene rings is 1. The molecular formula is C12H19NO2. The number of methoxy groups -OCH3 is 1. The average Bonchev–Trinajstić information content (AvgIpc) is 2.28. The standard InChI is InChI=1S/C12H19NO2/c1-9(7-13)12(14)11-5-3-10(4-6-11)8-15-2/h3-6,9,12,14H,7-8,13H2,1-2H3. The van der Waals surface area contributed by atoms with Gasteiger partial charge in [-0.2, -0.15) is 0 Å². The van der Waals surface area contributed by atoms with Crippen LogP contribution in [0.4, 0.5) is 0 Å². The second-order valence-electron chi connectivity index (χ2n) is 3.83. The number of aliphatic hydroxyl groups is 1. The van der Waals surface area contributed by atoms with Gasteiger partial charge in [-0.15, -0.1) is 0 Å². The van der Waals surface area contributed by atoms with Crippen molar-refractivity contribution >= 4 is 0 Å². The molecule has 1 aromatic rings. The Bertz CT molecular complexity index is 284. The van der Waals surface area contributed by atoms with Gasteiger partial charge in [0.1, 0.15) is 0 Å². The van der Waals surface area contributed by atoms with Crippen LogP contribution in [0, 0.1) is 5.92 Å². The van der Waals surface area contributed by atoms with Crippen LogP contribution in [0.25, 0.3) is 0 Å². The van der Waals surface area contributed by atoms with Crippen LogP contribution in [0.3, 0.4) is 0 Å². The molecule has 1 rings (SSSR count). The van der Waals surface area contributed by atoms with Crippen molar-refractivity contribution in [2.24, 2.45) is 11.7 Å². The average molecular weight is 209 g/mol. The van der Waals surface area contributed by atoms with Gasteiger partial charge < -0.3 is 15.6 Å². The summed E-state index contributed by atoms with van der Waals surface area (Å²) in [6, 6.07) is 7.77. The molecule has 3 heteroatoms. The first-order chi connectivity index (χ1) is 7.19. The van der Waals surface area contributed by atoms with E-state index < -0.39 is 6.10 Å². The monoisotopic (exact) mass is 209 g/mol. The fraction of sp³-hybridized carbons (Fsp3) is 0.500. The molecule has 0 amide bonds. The molecule has 0 saturated heterocycles. The van der Waals surface area contributed by atoms with E-state index in [1.54, 1.807) is 7.11 Å². The Labute approximate surface area is 90.9 Å². The van der Waals surface area contributed by atoms with Crippen LogP contribution in [-0.2, 0) is 11.3 Å². The molecule has 3 N–H and O–H groups in total. The lowest BCUT2D eigenvalue weighted by atomic mass is 9.97. The summed E-state index contributed by atoms with van der Waals surface area (Å²) in [4.78, 5) is 0. The summed E-state index contributed by atoms with van der Waals surface area (Å²) in [5.74, 6) is 0.0817. The van der Waals surface area contributed by atoms with Crippen molar-refractivity contribution in [1.82, 2.24) is 0 Å². The highest BCUT2D eigenvalue weighted by Gasteiger charge is 2.14. The molecule has 0 bridgehead atoms. The molecule has 2 atom stereocenters. The molecule has 0 spiro atoms. The molecule has 1 aromatic carbocycles. The molecule has 84 valence electrons. The first kappa shape index (κ1) is 12.2. The van der Waals surface area contributed by atoms with Crippen molar-refractivity contribution in [2.75, 3.05) is 13.7 Å². The zero-order valence-electron chi connectivity index (χ0n) is 9.31. The molecular weight excluding hydrogens is 190 g/mol. The molecule has 3 nitrogen and oxygen atoms in total. The zero-order chi connectivity index (χ0) is 11.3. The van der Waals surface area contributed by atoms with Gasteiger partial charge in [-0.05, 0) is 23.6 Å². The zero-order valence-corrected chi connectivity index (χ0v) is 9.31. The van der Waals surface area contributed by atoms with E-state index in [-0.39, 0.29) is 5.92 Å². The Morgan fingerprint density at radius 3 is 2.40 bits per heavy atom. The second kappa shape index (κ2) is 5.85. The molecule has 0 aromatic heterocycles. The highest BCUT2D eigenvalue weighted by atomic mass is 16.5. The summed E-state index contributed by atoms with van der Waals surface area (Å²) in [7, 11) is 1.67. The van der Waals surface area contributed by atoms with Crippen molar-refractivity contribution in [1.29, 1.82) is 0 Å². The van der Waals surface area contributed by atoms with Gasteiger partial charge in [0.05, 0.1) is 12.7 Å². The topological polar surface area (TPSA) is 55.5 Å². The number of nitrogens with two attached hydrogens (primary N) is 1. The summed E-state index contributed by atoms with van der Waals surface area (Å²) in [5.41, 5.74) is 7.52. The van der Waals surface area contributed by atoms with Gasteiger partial charge in [-0.25, -0.2) is 0 Å². The molecule has 0 aliphatic rings. The molecule has 0 fully saturated rings. The van der Waals surface area contributed by atoms with E-state index in [9.17, 15) is 5.11 Å². The predicted molar refractivity (Wildman–Crippen MR) is 60.3 cm³/mol. The van der Waals surface area contributed by atoms with Gasteiger partial charge >= 0.3 is 0 Å². The van der Waals surface area contributed by atoms with Gasteiger partial charge in [0.15, 0.2) is 0 Å². The summed E-state index contributed by atoms with van der Waals surface area (Å²) in [6.45, 7) is 3.03. The Hall–Kier alpha value is -0.900. The van der Waals surface area contributed by atoms with Crippen LogP contribution >= 0.6 is 0 Å². The van der Waals surface area contributed by atoms with Gasteiger partial charge in [0.25, 0.3) is 0 Å². The third-order valence-corrected chi connectivity index (χ3v) is 2.54. The van der Waals surface area contributed by atoms with Crippen molar-refractivity contribution in [2.45, 2.75) is 19.6 Å². The van der Waals surface area contributed by atoms with Crippen LogP contribution in [0.1, 0.15) is 24.2 Å². The molecule has 0 saturated carbocycles. The number of ether oxygens (including phenoxy) is 1. The SMILES string of the molecule is COCc1ccc(C(O)C(C)CN)cc1. The number of hydrogen-bond donors (Lipinski definition) is 2. The lowest BCUT2D eigenvalue weighted by Crippen LogP contribution is -2.18. The maximum Gasteiger partial charge on any atom is 0.0827 e. The second-order valence-corrected chi connectivity index (χ2v) is 3.83. The number of aliphatic hydroxyl groups excluding tert-OH is 1. The normalized spacial score (nSPS) is 14.9. The predicted octanol–water partition coefficient (Wildman–Crippen LogP) is 1.46. The van der Waals surface area contributed by atoms with Gasteiger partial charge in [0.2, 0.25) is 0 Å². The van der Waals surface area contributed by atoms with E-state index in [0.29, 0.717) is 13.2 Å². The minimum Gasteiger partial charge on any atom is -0.388 e. The van der Waals surface area contributed by atoms with Crippen molar-refractivity contribution < 1.29 is 9.84 Å². The molecule has 15 heavy (non-hydrogen) atoms. The Kier molecular flexibility index (Phi) is 4.75.